The van der Waals surface area contributed by atoms with E-state index < -0.39 is 0 Å². The van der Waals surface area contributed by atoms with E-state index in [1.165, 1.54) is 38.2 Å². The molecule has 3 nitrogen and oxygen atoms in total. The van der Waals surface area contributed by atoms with Gasteiger partial charge < -0.3 is 13.7 Å². The van der Waals surface area contributed by atoms with Crippen LogP contribution in [-0.4, -0.2) is 0 Å². The van der Waals surface area contributed by atoms with E-state index in [0.717, 1.165) is 88.4 Å². The fourth-order valence-corrected chi connectivity index (χ4v) is 10.1. The Hall–Kier alpha value is -8.40. The SMILES string of the molecule is c1ccc(-c2c(-c3cccc(N(c4ccc(-c5cccc6c5oc5ccccc56)cc4)c4cccc5oc6c7ccccc7ccc6c45)c3)c3ccccc3c3ccccc23)cc1. The molecule has 13 aromatic rings. The fourth-order valence-electron chi connectivity index (χ4n) is 10.1. The molecule has 0 aliphatic carbocycles. The van der Waals surface area contributed by atoms with E-state index >= 15 is 0 Å². The second-order valence-corrected chi connectivity index (χ2v) is 16.3. The zero-order valence-corrected chi connectivity index (χ0v) is 34.1. The van der Waals surface area contributed by atoms with Crippen molar-refractivity contribution in [3.05, 3.63) is 224 Å². The number of hydrogen-bond acceptors (Lipinski definition) is 3. The number of hydrogen-bond donors (Lipinski definition) is 0. The van der Waals surface area contributed by atoms with Gasteiger partial charge in [-0.25, -0.2) is 0 Å². The van der Waals surface area contributed by atoms with Crippen LogP contribution in [0.1, 0.15) is 0 Å². The Bertz CT molecular complexity index is 3910. The third-order valence-corrected chi connectivity index (χ3v) is 12.8. The van der Waals surface area contributed by atoms with Gasteiger partial charge in [-0.3, -0.25) is 0 Å². The summed E-state index contributed by atoms with van der Waals surface area (Å²) in [7, 11) is 0. The number of rotatable bonds is 6. The van der Waals surface area contributed by atoms with E-state index in [2.05, 4.69) is 217 Å². The Morgan fingerprint density at radius 2 is 0.889 bits per heavy atom. The van der Waals surface area contributed by atoms with Crippen LogP contribution in [0.15, 0.2) is 233 Å². The summed E-state index contributed by atoms with van der Waals surface area (Å²) in [5.41, 5.74) is 13.6. The minimum absolute atomic E-state index is 0.847. The molecular formula is C60H37NO2. The Morgan fingerprint density at radius 3 is 1.68 bits per heavy atom. The summed E-state index contributed by atoms with van der Waals surface area (Å²) < 4.78 is 13.3. The van der Waals surface area contributed by atoms with Gasteiger partial charge in [-0.15, -0.1) is 0 Å². The normalized spacial score (nSPS) is 11.8. The van der Waals surface area contributed by atoms with Crippen molar-refractivity contribution in [2.75, 3.05) is 4.90 Å². The molecule has 0 amide bonds. The number of fused-ring (bicyclic) bond motifs is 11. The van der Waals surface area contributed by atoms with Crippen molar-refractivity contribution in [1.82, 2.24) is 0 Å². The highest BCUT2D eigenvalue weighted by molar-refractivity contribution is 6.22. The van der Waals surface area contributed by atoms with Gasteiger partial charge in [0.15, 0.2) is 0 Å². The summed E-state index contributed by atoms with van der Waals surface area (Å²) in [6, 6.07) is 80.5. The van der Waals surface area contributed by atoms with E-state index in [9.17, 15) is 0 Å². The quantitative estimate of drug-likeness (QED) is 0.157. The predicted octanol–water partition coefficient (Wildman–Crippen LogP) is 17.4. The highest BCUT2D eigenvalue weighted by atomic mass is 16.3. The van der Waals surface area contributed by atoms with E-state index in [-0.39, 0.29) is 0 Å². The molecule has 3 heteroatoms. The second-order valence-electron chi connectivity index (χ2n) is 16.3. The smallest absolute Gasteiger partial charge is 0.143 e. The van der Waals surface area contributed by atoms with Crippen LogP contribution >= 0.6 is 0 Å². The maximum absolute atomic E-state index is 6.78. The summed E-state index contributed by atoms with van der Waals surface area (Å²) in [5.74, 6) is 0. The van der Waals surface area contributed by atoms with Gasteiger partial charge in [-0.2, -0.15) is 0 Å². The van der Waals surface area contributed by atoms with Crippen LogP contribution in [-0.2, 0) is 0 Å². The Morgan fingerprint density at radius 1 is 0.302 bits per heavy atom. The summed E-state index contributed by atoms with van der Waals surface area (Å²) in [5, 5.41) is 11.6. The molecule has 0 aliphatic heterocycles. The molecule has 294 valence electrons. The van der Waals surface area contributed by atoms with Crippen LogP contribution in [0.4, 0.5) is 17.1 Å². The number of nitrogens with zero attached hydrogens (tertiary/aromatic N) is 1. The number of para-hydroxylation sites is 2. The summed E-state index contributed by atoms with van der Waals surface area (Å²) in [4.78, 5) is 2.40. The molecule has 2 heterocycles. The van der Waals surface area contributed by atoms with Crippen LogP contribution in [0.5, 0.6) is 0 Å². The van der Waals surface area contributed by atoms with E-state index in [1.54, 1.807) is 0 Å². The van der Waals surface area contributed by atoms with Crippen molar-refractivity contribution in [2.24, 2.45) is 0 Å². The lowest BCUT2D eigenvalue weighted by molar-refractivity contribution is 0.670. The van der Waals surface area contributed by atoms with E-state index in [1.807, 2.05) is 12.1 Å². The van der Waals surface area contributed by atoms with Crippen molar-refractivity contribution in [3.8, 4) is 33.4 Å². The van der Waals surface area contributed by atoms with Gasteiger partial charge in [0.05, 0.1) is 11.1 Å². The first-order chi connectivity index (χ1) is 31.3. The second kappa shape index (κ2) is 14.1. The van der Waals surface area contributed by atoms with Gasteiger partial charge in [0.1, 0.15) is 22.3 Å². The molecule has 0 radical (unpaired) electrons. The summed E-state index contributed by atoms with van der Waals surface area (Å²) >= 11 is 0. The summed E-state index contributed by atoms with van der Waals surface area (Å²) in [6.07, 6.45) is 0. The fraction of sp³-hybridized carbons (Fsp3) is 0. The average Bonchev–Trinajstić information content (AvgIpc) is 3.94. The van der Waals surface area contributed by atoms with Gasteiger partial charge in [0.25, 0.3) is 0 Å². The highest BCUT2D eigenvalue weighted by Gasteiger charge is 2.23. The maximum Gasteiger partial charge on any atom is 0.143 e. The van der Waals surface area contributed by atoms with Crippen molar-refractivity contribution >= 4 is 93.3 Å². The molecule has 11 aromatic carbocycles. The maximum atomic E-state index is 6.78. The first-order valence-corrected chi connectivity index (χ1v) is 21.5. The molecule has 0 aliphatic rings. The number of benzene rings is 11. The van der Waals surface area contributed by atoms with Crippen LogP contribution in [0.25, 0.3) is 110 Å². The molecule has 2 aromatic heterocycles. The lowest BCUT2D eigenvalue weighted by Crippen LogP contribution is -2.10. The van der Waals surface area contributed by atoms with E-state index in [4.69, 9.17) is 8.83 Å². The van der Waals surface area contributed by atoms with Crippen molar-refractivity contribution < 1.29 is 8.83 Å². The van der Waals surface area contributed by atoms with Gasteiger partial charge in [-0.05, 0) is 103 Å². The van der Waals surface area contributed by atoms with Crippen LogP contribution in [0, 0.1) is 0 Å². The molecule has 0 saturated heterocycles. The predicted molar refractivity (Wildman–Crippen MR) is 265 cm³/mol. The minimum Gasteiger partial charge on any atom is -0.455 e. The number of anilines is 3. The molecular weight excluding hydrogens is 767 g/mol. The zero-order chi connectivity index (χ0) is 41.4. The lowest BCUT2D eigenvalue weighted by atomic mass is 9.85. The van der Waals surface area contributed by atoms with Gasteiger partial charge in [-0.1, -0.05) is 176 Å². The molecule has 0 spiro atoms. The highest BCUT2D eigenvalue weighted by Crippen LogP contribution is 2.48. The average molecular weight is 804 g/mol. The van der Waals surface area contributed by atoms with Gasteiger partial charge in [0, 0.05) is 38.5 Å². The Labute approximate surface area is 363 Å². The first kappa shape index (κ1) is 35.4. The Kier molecular flexibility index (Phi) is 7.91. The molecule has 0 N–H and O–H groups in total. The largest absolute Gasteiger partial charge is 0.455 e. The third-order valence-electron chi connectivity index (χ3n) is 12.8. The first-order valence-electron chi connectivity index (χ1n) is 21.5. The van der Waals surface area contributed by atoms with E-state index in [0.29, 0.717) is 0 Å². The third kappa shape index (κ3) is 5.53. The topological polar surface area (TPSA) is 29.5 Å². The monoisotopic (exact) mass is 803 g/mol. The van der Waals surface area contributed by atoms with Crippen molar-refractivity contribution in [2.45, 2.75) is 0 Å². The molecule has 0 fully saturated rings. The van der Waals surface area contributed by atoms with Gasteiger partial charge in [0.2, 0.25) is 0 Å². The molecule has 13 rings (SSSR count). The van der Waals surface area contributed by atoms with Crippen molar-refractivity contribution in [3.63, 3.8) is 0 Å². The van der Waals surface area contributed by atoms with Crippen LogP contribution in [0.2, 0.25) is 0 Å². The molecule has 63 heavy (non-hydrogen) atoms. The standard InChI is InChI=1S/C60H37NO2/c1-2-16-40(17-3-1)56-49-24-8-6-21-46(49)47-22-7-9-25-50(47)57(56)41-18-12-19-43(37-41)61(53-28-14-30-55-58(53)52-36-33-38-15-4-5-20-44(38)60(52)63-55)42-34-31-39(32-35-42)45-26-13-27-51-48-23-10-11-29-54(48)62-59(45)51/h1-37H. The molecule has 0 atom stereocenters. The lowest BCUT2D eigenvalue weighted by Gasteiger charge is -2.27. The Balaban J connectivity index is 1.06. The summed E-state index contributed by atoms with van der Waals surface area (Å²) in [6.45, 7) is 0. The van der Waals surface area contributed by atoms with Crippen LogP contribution < -0.4 is 4.90 Å². The molecule has 0 bridgehead atoms. The minimum atomic E-state index is 0.847. The molecule has 0 saturated carbocycles. The van der Waals surface area contributed by atoms with Crippen molar-refractivity contribution in [1.29, 1.82) is 0 Å². The zero-order valence-electron chi connectivity index (χ0n) is 34.1. The number of furan rings is 2. The molecule has 0 unspecified atom stereocenters. The van der Waals surface area contributed by atoms with Crippen LogP contribution in [0.3, 0.4) is 0 Å². The van der Waals surface area contributed by atoms with Gasteiger partial charge >= 0.3 is 0 Å².